The van der Waals surface area contributed by atoms with Crippen LogP contribution in [0.3, 0.4) is 0 Å². The van der Waals surface area contributed by atoms with Gasteiger partial charge < -0.3 is 16.6 Å². The molecule has 0 spiro atoms. The average molecular weight is 245 g/mol. The van der Waals surface area contributed by atoms with Crippen LogP contribution in [-0.4, -0.2) is 15.1 Å². The summed E-state index contributed by atoms with van der Waals surface area (Å²) in [5.74, 6) is -1.24. The Labute approximate surface area is 101 Å². The van der Waals surface area contributed by atoms with Gasteiger partial charge in [0, 0.05) is 11.6 Å². The summed E-state index contributed by atoms with van der Waals surface area (Å²) in [5.41, 5.74) is 10.9. The van der Waals surface area contributed by atoms with Crippen LogP contribution in [0.15, 0.2) is 18.2 Å². The Kier molecular flexibility index (Phi) is 2.69. The number of hydrogen-bond acceptors (Lipinski definition) is 6. The lowest BCUT2D eigenvalue weighted by atomic mass is 10.1. The fourth-order valence-electron chi connectivity index (χ4n) is 1.50. The van der Waals surface area contributed by atoms with Crippen molar-refractivity contribution in [3.8, 4) is 23.1 Å². The molecule has 1 aromatic heterocycles. The molecular formula is C11H8FN5O. The minimum atomic E-state index is -0.732. The van der Waals surface area contributed by atoms with E-state index in [2.05, 4.69) is 9.97 Å². The van der Waals surface area contributed by atoms with Crippen LogP contribution in [-0.2, 0) is 0 Å². The maximum atomic E-state index is 13.7. The van der Waals surface area contributed by atoms with Crippen molar-refractivity contribution < 1.29 is 9.50 Å². The van der Waals surface area contributed by atoms with Crippen LogP contribution in [0.5, 0.6) is 5.75 Å². The molecular weight excluding hydrogens is 237 g/mol. The number of rotatable bonds is 1. The van der Waals surface area contributed by atoms with E-state index < -0.39 is 5.82 Å². The van der Waals surface area contributed by atoms with Crippen molar-refractivity contribution in [3.63, 3.8) is 0 Å². The van der Waals surface area contributed by atoms with Gasteiger partial charge in [-0.1, -0.05) is 0 Å². The van der Waals surface area contributed by atoms with Gasteiger partial charge in [0.1, 0.15) is 29.0 Å². The molecule has 0 amide bonds. The number of nitrogen functional groups attached to an aromatic ring is 2. The molecule has 0 aliphatic carbocycles. The fourth-order valence-corrected chi connectivity index (χ4v) is 1.50. The van der Waals surface area contributed by atoms with E-state index in [9.17, 15) is 4.39 Å². The molecule has 90 valence electrons. The zero-order chi connectivity index (χ0) is 13.3. The van der Waals surface area contributed by atoms with Crippen molar-refractivity contribution in [2.24, 2.45) is 0 Å². The minimum Gasteiger partial charge on any atom is -0.508 e. The maximum absolute atomic E-state index is 13.7. The fraction of sp³-hybridized carbons (Fsp3) is 0. The number of benzene rings is 1. The molecule has 0 saturated heterocycles. The third kappa shape index (κ3) is 1.87. The summed E-state index contributed by atoms with van der Waals surface area (Å²) in [6.45, 7) is 0. The van der Waals surface area contributed by atoms with Gasteiger partial charge in [-0.3, -0.25) is 0 Å². The zero-order valence-corrected chi connectivity index (χ0v) is 9.05. The number of hydrogen-bond donors (Lipinski definition) is 3. The Morgan fingerprint density at radius 1 is 1.28 bits per heavy atom. The van der Waals surface area contributed by atoms with Crippen LogP contribution >= 0.6 is 0 Å². The largest absolute Gasteiger partial charge is 0.508 e. The first-order valence-corrected chi connectivity index (χ1v) is 4.85. The third-order valence-corrected chi connectivity index (χ3v) is 2.27. The molecule has 18 heavy (non-hydrogen) atoms. The van der Waals surface area contributed by atoms with Crippen molar-refractivity contribution in [1.82, 2.24) is 9.97 Å². The number of nitrogens with zero attached hydrogens (tertiary/aromatic N) is 3. The first kappa shape index (κ1) is 11.6. The first-order chi connectivity index (χ1) is 8.52. The van der Waals surface area contributed by atoms with Gasteiger partial charge in [0.25, 0.3) is 0 Å². The molecule has 7 heteroatoms. The molecule has 2 aromatic rings. The molecule has 0 unspecified atom stereocenters. The van der Waals surface area contributed by atoms with Gasteiger partial charge in [0.05, 0.1) is 5.69 Å². The van der Waals surface area contributed by atoms with E-state index in [0.29, 0.717) is 0 Å². The summed E-state index contributed by atoms with van der Waals surface area (Å²) in [6, 6.07) is 5.26. The number of anilines is 2. The second-order valence-corrected chi connectivity index (χ2v) is 3.47. The van der Waals surface area contributed by atoms with E-state index in [1.165, 1.54) is 12.1 Å². The van der Waals surface area contributed by atoms with E-state index in [4.69, 9.17) is 21.8 Å². The van der Waals surface area contributed by atoms with Gasteiger partial charge in [-0.25, -0.2) is 9.37 Å². The van der Waals surface area contributed by atoms with Crippen molar-refractivity contribution in [2.45, 2.75) is 0 Å². The Hall–Kier alpha value is -2.88. The van der Waals surface area contributed by atoms with Crippen LogP contribution in [0.25, 0.3) is 11.3 Å². The van der Waals surface area contributed by atoms with E-state index >= 15 is 0 Å². The number of aromatic hydroxyl groups is 1. The normalized spacial score (nSPS) is 10.0. The lowest BCUT2D eigenvalue weighted by Gasteiger charge is -2.07. The van der Waals surface area contributed by atoms with Crippen LogP contribution in [0.2, 0.25) is 0 Å². The molecule has 0 atom stereocenters. The number of nitrogens with two attached hydrogens (primary N) is 2. The molecule has 0 radical (unpaired) electrons. The summed E-state index contributed by atoms with van der Waals surface area (Å²) >= 11 is 0. The molecule has 0 bridgehead atoms. The molecule has 0 aliphatic rings. The van der Waals surface area contributed by atoms with Crippen LogP contribution < -0.4 is 11.5 Å². The lowest BCUT2D eigenvalue weighted by molar-refractivity contribution is 0.469. The molecule has 1 aromatic carbocycles. The molecule has 6 nitrogen and oxygen atoms in total. The molecule has 1 heterocycles. The molecule has 0 fully saturated rings. The number of phenolic OH excluding ortho intramolecular Hbond substituents is 1. The molecule has 0 saturated carbocycles. The van der Waals surface area contributed by atoms with E-state index in [0.717, 1.165) is 6.07 Å². The number of aromatic nitrogens is 2. The van der Waals surface area contributed by atoms with Gasteiger partial charge >= 0.3 is 0 Å². The summed E-state index contributed by atoms with van der Waals surface area (Å²) in [5, 5.41) is 18.1. The van der Waals surface area contributed by atoms with E-state index in [1.54, 1.807) is 6.07 Å². The van der Waals surface area contributed by atoms with Gasteiger partial charge in [-0.2, -0.15) is 10.2 Å². The quantitative estimate of drug-likeness (QED) is 0.689. The van der Waals surface area contributed by atoms with E-state index in [1.807, 2.05) is 0 Å². The maximum Gasteiger partial charge on any atom is 0.222 e. The highest BCUT2D eigenvalue weighted by molar-refractivity contribution is 5.73. The second kappa shape index (κ2) is 4.18. The van der Waals surface area contributed by atoms with Crippen LogP contribution in [0, 0.1) is 17.1 Å². The number of halogens is 1. The zero-order valence-electron chi connectivity index (χ0n) is 9.05. The molecule has 2 rings (SSSR count). The predicted octanol–water partition coefficient (Wildman–Crippen LogP) is 1.02. The summed E-state index contributed by atoms with van der Waals surface area (Å²) in [7, 11) is 0. The smallest absolute Gasteiger partial charge is 0.222 e. The summed E-state index contributed by atoms with van der Waals surface area (Å²) in [6.07, 6.45) is 0. The number of phenols is 1. The monoisotopic (exact) mass is 245 g/mol. The van der Waals surface area contributed by atoms with Gasteiger partial charge in [-0.15, -0.1) is 0 Å². The van der Waals surface area contributed by atoms with Crippen LogP contribution in [0.4, 0.5) is 16.2 Å². The first-order valence-electron chi connectivity index (χ1n) is 4.85. The second-order valence-electron chi connectivity index (χ2n) is 3.47. The van der Waals surface area contributed by atoms with Crippen molar-refractivity contribution >= 4 is 11.8 Å². The molecule has 0 aliphatic heterocycles. The highest BCUT2D eigenvalue weighted by Gasteiger charge is 2.16. The Balaban J connectivity index is 2.75. The Morgan fingerprint density at radius 3 is 2.61 bits per heavy atom. The van der Waals surface area contributed by atoms with Crippen molar-refractivity contribution in [3.05, 3.63) is 29.6 Å². The minimum absolute atomic E-state index is 0.000000000000000222. The van der Waals surface area contributed by atoms with Gasteiger partial charge in [0.2, 0.25) is 5.95 Å². The predicted molar refractivity (Wildman–Crippen MR) is 62.6 cm³/mol. The summed E-state index contributed by atoms with van der Waals surface area (Å²) in [4.78, 5) is 7.44. The van der Waals surface area contributed by atoms with Crippen molar-refractivity contribution in [2.75, 3.05) is 11.5 Å². The van der Waals surface area contributed by atoms with Crippen LogP contribution in [0.1, 0.15) is 5.56 Å². The lowest BCUT2D eigenvalue weighted by Crippen LogP contribution is -2.05. The standard InChI is InChI=1S/C11H8FN5O/c12-8-3-5(18)1-2-6(8)9-7(4-13)10(14)17-11(15)16-9/h1-3,18H,(H4,14,15,16,17). The number of nitriles is 1. The summed E-state index contributed by atoms with van der Waals surface area (Å²) < 4.78 is 13.7. The SMILES string of the molecule is N#Cc1c(N)nc(N)nc1-c1ccc(O)cc1F. The highest BCUT2D eigenvalue weighted by Crippen LogP contribution is 2.29. The Morgan fingerprint density at radius 2 is 2.00 bits per heavy atom. The molecule has 5 N–H and O–H groups in total. The third-order valence-electron chi connectivity index (χ3n) is 2.27. The van der Waals surface area contributed by atoms with Crippen molar-refractivity contribution in [1.29, 1.82) is 5.26 Å². The topological polar surface area (TPSA) is 122 Å². The highest BCUT2D eigenvalue weighted by atomic mass is 19.1. The Bertz CT molecular complexity index is 665. The van der Waals surface area contributed by atoms with E-state index in [-0.39, 0.29) is 34.3 Å². The van der Waals surface area contributed by atoms with Gasteiger partial charge in [0.15, 0.2) is 0 Å². The average Bonchev–Trinajstić information content (AvgIpc) is 2.28. The van der Waals surface area contributed by atoms with Gasteiger partial charge in [-0.05, 0) is 12.1 Å².